The van der Waals surface area contributed by atoms with Gasteiger partial charge in [-0.05, 0) is 52.6 Å². The molecule has 3 aromatic rings. The van der Waals surface area contributed by atoms with Crippen LogP contribution in [0.25, 0.3) is 0 Å². The highest BCUT2D eigenvalue weighted by Gasteiger charge is 2.09. The number of esters is 2. The molecular weight excluding hydrogens is 384 g/mol. The summed E-state index contributed by atoms with van der Waals surface area (Å²) in [4.78, 5) is 24.3. The highest BCUT2D eigenvalue weighted by molar-refractivity contribution is 5.89. The molecule has 0 fully saturated rings. The summed E-state index contributed by atoms with van der Waals surface area (Å²) in [5.41, 5.74) is 3.80. The van der Waals surface area contributed by atoms with Crippen LogP contribution < -0.4 is 0 Å². The number of hydrogen-bond acceptors (Lipinski definition) is 6. The van der Waals surface area contributed by atoms with Crippen LogP contribution in [0.4, 0.5) is 0 Å². The lowest BCUT2D eigenvalue weighted by molar-refractivity contribution is 0.0471. The zero-order valence-electron chi connectivity index (χ0n) is 16.3. The van der Waals surface area contributed by atoms with Crippen molar-refractivity contribution in [2.24, 2.45) is 0 Å². The molecule has 0 amide bonds. The predicted octanol–water partition coefficient (Wildman–Crippen LogP) is 3.39. The van der Waals surface area contributed by atoms with Gasteiger partial charge < -0.3 is 19.7 Å². The second-order valence-electron chi connectivity index (χ2n) is 6.68. The fourth-order valence-electron chi connectivity index (χ4n) is 2.77. The maximum Gasteiger partial charge on any atom is 0.338 e. The van der Waals surface area contributed by atoms with Crippen LogP contribution in [-0.2, 0) is 35.9 Å². The van der Waals surface area contributed by atoms with Gasteiger partial charge in [0.2, 0.25) is 0 Å². The van der Waals surface area contributed by atoms with Gasteiger partial charge in [0.15, 0.2) is 0 Å². The summed E-state index contributed by atoms with van der Waals surface area (Å²) >= 11 is 0. The summed E-state index contributed by atoms with van der Waals surface area (Å²) in [5.74, 6) is -0.912. The van der Waals surface area contributed by atoms with E-state index in [0.717, 1.165) is 22.3 Å². The van der Waals surface area contributed by atoms with E-state index in [1.807, 2.05) is 18.2 Å². The Labute approximate surface area is 174 Å². The molecule has 3 rings (SSSR count). The summed E-state index contributed by atoms with van der Waals surface area (Å²) in [5, 5.41) is 18.1. The van der Waals surface area contributed by atoms with Gasteiger partial charge in [0.05, 0.1) is 24.3 Å². The highest BCUT2D eigenvalue weighted by atomic mass is 16.5. The van der Waals surface area contributed by atoms with E-state index in [1.165, 1.54) is 0 Å². The molecule has 30 heavy (non-hydrogen) atoms. The molecule has 0 bridgehead atoms. The van der Waals surface area contributed by atoms with Crippen LogP contribution in [0, 0.1) is 0 Å². The van der Waals surface area contributed by atoms with Crippen molar-refractivity contribution in [3.63, 3.8) is 0 Å². The van der Waals surface area contributed by atoms with Crippen molar-refractivity contribution in [3.8, 4) is 0 Å². The average Bonchev–Trinajstić information content (AvgIpc) is 2.81. The number of aliphatic hydroxyl groups excluding tert-OH is 2. The molecule has 0 atom stereocenters. The Morgan fingerprint density at radius 2 is 1.00 bits per heavy atom. The Balaban J connectivity index is 1.53. The molecule has 0 saturated heterocycles. The molecule has 0 aliphatic rings. The first-order valence-corrected chi connectivity index (χ1v) is 9.40. The van der Waals surface area contributed by atoms with Gasteiger partial charge in [-0.25, -0.2) is 9.59 Å². The third-order valence-electron chi connectivity index (χ3n) is 4.48. The van der Waals surface area contributed by atoms with Crippen molar-refractivity contribution < 1.29 is 29.3 Å². The lowest BCUT2D eigenvalue weighted by atomic mass is 10.1. The maximum atomic E-state index is 12.2. The first-order valence-electron chi connectivity index (χ1n) is 9.40. The molecule has 0 radical (unpaired) electrons. The monoisotopic (exact) mass is 406 g/mol. The average molecular weight is 406 g/mol. The first-order chi connectivity index (χ1) is 14.6. The molecule has 0 aliphatic carbocycles. The largest absolute Gasteiger partial charge is 0.457 e. The molecular formula is C24H22O6. The van der Waals surface area contributed by atoms with Crippen LogP contribution in [0.5, 0.6) is 0 Å². The van der Waals surface area contributed by atoms with E-state index in [2.05, 4.69) is 0 Å². The van der Waals surface area contributed by atoms with Gasteiger partial charge >= 0.3 is 11.9 Å². The quantitative estimate of drug-likeness (QED) is 0.557. The van der Waals surface area contributed by atoms with Crippen LogP contribution in [0.3, 0.4) is 0 Å². The Hall–Kier alpha value is -3.48. The minimum atomic E-state index is -0.456. The van der Waals surface area contributed by atoms with E-state index in [-0.39, 0.29) is 26.4 Å². The van der Waals surface area contributed by atoms with Crippen molar-refractivity contribution in [1.29, 1.82) is 0 Å². The molecule has 2 N–H and O–H groups in total. The van der Waals surface area contributed by atoms with Crippen molar-refractivity contribution in [3.05, 3.63) is 106 Å². The van der Waals surface area contributed by atoms with E-state index in [4.69, 9.17) is 19.7 Å². The Kier molecular flexibility index (Phi) is 7.32. The number of benzene rings is 3. The minimum Gasteiger partial charge on any atom is -0.457 e. The smallest absolute Gasteiger partial charge is 0.338 e. The van der Waals surface area contributed by atoms with E-state index in [1.54, 1.807) is 54.6 Å². The van der Waals surface area contributed by atoms with Crippen LogP contribution in [-0.4, -0.2) is 22.2 Å². The summed E-state index contributed by atoms with van der Waals surface area (Å²) in [6.45, 7) is 0.0112. The van der Waals surface area contributed by atoms with E-state index >= 15 is 0 Å². The van der Waals surface area contributed by atoms with Gasteiger partial charge in [-0.3, -0.25) is 0 Å². The normalized spacial score (nSPS) is 10.5. The summed E-state index contributed by atoms with van der Waals surface area (Å²) in [6, 6.07) is 20.4. The second kappa shape index (κ2) is 10.3. The summed E-state index contributed by atoms with van der Waals surface area (Å²) < 4.78 is 10.7. The van der Waals surface area contributed by atoms with Gasteiger partial charge in [-0.2, -0.15) is 0 Å². The Bertz CT molecular complexity index is 914. The summed E-state index contributed by atoms with van der Waals surface area (Å²) in [7, 11) is 0. The molecule has 0 aromatic heterocycles. The molecule has 0 unspecified atom stereocenters. The fourth-order valence-corrected chi connectivity index (χ4v) is 2.77. The van der Waals surface area contributed by atoms with Crippen LogP contribution in [0.15, 0.2) is 72.8 Å². The van der Waals surface area contributed by atoms with Crippen molar-refractivity contribution >= 4 is 11.9 Å². The SMILES string of the molecule is O=C(OCc1cccc(COC(=O)c2ccc(CO)cc2)c1)c1ccc(CO)cc1. The van der Waals surface area contributed by atoms with Gasteiger partial charge in [-0.15, -0.1) is 0 Å². The lowest BCUT2D eigenvalue weighted by Crippen LogP contribution is -2.07. The standard InChI is InChI=1S/C24H22O6/c25-13-17-4-8-21(9-5-17)23(27)29-15-19-2-1-3-20(12-19)16-30-24(28)22-10-6-18(14-26)7-11-22/h1-12,25-26H,13-16H2. The van der Waals surface area contributed by atoms with Crippen LogP contribution in [0.1, 0.15) is 43.0 Å². The maximum absolute atomic E-state index is 12.2. The Morgan fingerprint density at radius 3 is 1.37 bits per heavy atom. The van der Waals surface area contributed by atoms with Crippen LogP contribution >= 0.6 is 0 Å². The number of ether oxygens (including phenoxy) is 2. The van der Waals surface area contributed by atoms with Crippen molar-refractivity contribution in [1.82, 2.24) is 0 Å². The molecule has 3 aromatic carbocycles. The predicted molar refractivity (Wildman–Crippen MR) is 109 cm³/mol. The fraction of sp³-hybridized carbons (Fsp3) is 0.167. The zero-order valence-corrected chi connectivity index (χ0v) is 16.3. The molecule has 0 heterocycles. The molecule has 0 spiro atoms. The number of rotatable bonds is 8. The van der Waals surface area contributed by atoms with E-state index in [9.17, 15) is 9.59 Å². The molecule has 6 nitrogen and oxygen atoms in total. The van der Waals surface area contributed by atoms with Crippen molar-refractivity contribution in [2.75, 3.05) is 0 Å². The third kappa shape index (κ3) is 5.76. The van der Waals surface area contributed by atoms with Gasteiger partial charge in [0.1, 0.15) is 13.2 Å². The molecule has 154 valence electrons. The molecule has 0 saturated carbocycles. The topological polar surface area (TPSA) is 93.1 Å². The van der Waals surface area contributed by atoms with Crippen LogP contribution in [0.2, 0.25) is 0 Å². The highest BCUT2D eigenvalue weighted by Crippen LogP contribution is 2.13. The summed E-state index contributed by atoms with van der Waals surface area (Å²) in [6.07, 6.45) is 0. The Morgan fingerprint density at radius 1 is 0.600 bits per heavy atom. The van der Waals surface area contributed by atoms with E-state index in [0.29, 0.717) is 11.1 Å². The number of aliphatic hydroxyl groups is 2. The number of carbonyl (C=O) groups is 2. The number of carbonyl (C=O) groups excluding carboxylic acids is 2. The lowest BCUT2D eigenvalue weighted by Gasteiger charge is -2.09. The molecule has 6 heteroatoms. The first kappa shape index (κ1) is 21.2. The second-order valence-corrected chi connectivity index (χ2v) is 6.68. The molecule has 0 aliphatic heterocycles. The third-order valence-corrected chi connectivity index (χ3v) is 4.48. The van der Waals surface area contributed by atoms with Gasteiger partial charge in [0, 0.05) is 0 Å². The van der Waals surface area contributed by atoms with E-state index < -0.39 is 11.9 Å². The zero-order chi connectivity index (χ0) is 21.3. The van der Waals surface area contributed by atoms with Crippen molar-refractivity contribution in [2.45, 2.75) is 26.4 Å². The van der Waals surface area contributed by atoms with Gasteiger partial charge in [-0.1, -0.05) is 42.5 Å². The minimum absolute atomic E-state index is 0.0827. The van der Waals surface area contributed by atoms with Gasteiger partial charge in [0.25, 0.3) is 0 Å². The number of hydrogen-bond donors (Lipinski definition) is 2.